The molecule has 0 saturated heterocycles. The lowest BCUT2D eigenvalue weighted by Crippen LogP contribution is -1.86. The van der Waals surface area contributed by atoms with Gasteiger partial charge in [-0.05, 0) is 6.26 Å². The van der Waals surface area contributed by atoms with Crippen LogP contribution >= 0.6 is 11.8 Å². The molecule has 0 spiro atoms. The summed E-state index contributed by atoms with van der Waals surface area (Å²) in [6.45, 7) is 3.49. The van der Waals surface area contributed by atoms with Gasteiger partial charge in [-0.25, -0.2) is 0 Å². The molecule has 9 heavy (non-hydrogen) atoms. The minimum atomic E-state index is 0.773. The molecule has 50 valence electrons. The summed E-state index contributed by atoms with van der Waals surface area (Å²) in [6.07, 6.45) is 6.17. The predicted molar refractivity (Wildman–Crippen MR) is 42.7 cm³/mol. The minimum absolute atomic E-state index is 0.773. The molecule has 0 aliphatic heterocycles. The van der Waals surface area contributed by atoms with Crippen molar-refractivity contribution in [3.05, 3.63) is 24.3 Å². The van der Waals surface area contributed by atoms with Crippen LogP contribution in [0.1, 0.15) is 0 Å². The zero-order valence-corrected chi connectivity index (χ0v) is 6.28. The molecular formula is C7H10OS. The molecule has 0 bridgehead atoms. The molecule has 0 aliphatic rings. The number of rotatable bonds is 4. The van der Waals surface area contributed by atoms with Crippen LogP contribution in [-0.2, 0) is 4.79 Å². The third kappa shape index (κ3) is 4.03. The van der Waals surface area contributed by atoms with Gasteiger partial charge in [0, 0.05) is 11.3 Å². The van der Waals surface area contributed by atoms with Crippen LogP contribution in [0, 0.1) is 0 Å². The molecule has 0 fully saturated rings. The molecule has 0 aromatic carbocycles. The Morgan fingerprint density at radius 3 is 2.78 bits per heavy atom. The Hall–Kier alpha value is -0.500. The highest BCUT2D eigenvalue weighted by molar-refractivity contribution is 7.98. The number of allylic oxidation sites excluding steroid dienone is 2. The summed E-state index contributed by atoms with van der Waals surface area (Å²) < 4.78 is 0. The highest BCUT2D eigenvalue weighted by Gasteiger charge is 1.88. The molecule has 0 unspecified atom stereocenters. The molecule has 2 heteroatoms. The first-order chi connectivity index (χ1) is 4.35. The van der Waals surface area contributed by atoms with Crippen molar-refractivity contribution in [2.75, 3.05) is 12.0 Å². The van der Waals surface area contributed by atoms with Crippen LogP contribution in [0.2, 0.25) is 0 Å². The fraction of sp³-hybridized carbons (Fsp3) is 0.286. The van der Waals surface area contributed by atoms with E-state index in [0.717, 1.165) is 17.6 Å². The Balaban J connectivity index is 3.80. The van der Waals surface area contributed by atoms with E-state index in [1.54, 1.807) is 23.9 Å². The van der Waals surface area contributed by atoms with Gasteiger partial charge in [-0.1, -0.05) is 18.7 Å². The highest BCUT2D eigenvalue weighted by Crippen LogP contribution is 2.00. The van der Waals surface area contributed by atoms with Gasteiger partial charge in [-0.2, -0.15) is 11.8 Å². The number of thioether (sulfide) groups is 1. The summed E-state index contributed by atoms with van der Waals surface area (Å²) in [5, 5.41) is 0. The van der Waals surface area contributed by atoms with E-state index in [9.17, 15) is 4.79 Å². The molecular weight excluding hydrogens is 132 g/mol. The summed E-state index contributed by atoms with van der Waals surface area (Å²) in [7, 11) is 0. The minimum Gasteiger partial charge on any atom is -0.298 e. The van der Waals surface area contributed by atoms with E-state index < -0.39 is 0 Å². The van der Waals surface area contributed by atoms with Gasteiger partial charge < -0.3 is 0 Å². The van der Waals surface area contributed by atoms with Gasteiger partial charge in [-0.3, -0.25) is 4.79 Å². The first-order valence-corrected chi connectivity index (χ1v) is 4.00. The molecule has 0 N–H and O–H groups in total. The second-order valence-corrected chi connectivity index (χ2v) is 2.39. The molecule has 0 radical (unpaired) electrons. The lowest BCUT2D eigenvalue weighted by molar-refractivity contribution is -0.104. The number of hydrogen-bond acceptors (Lipinski definition) is 2. The van der Waals surface area contributed by atoms with E-state index in [4.69, 9.17) is 0 Å². The van der Waals surface area contributed by atoms with E-state index in [1.165, 1.54) is 0 Å². The quantitative estimate of drug-likeness (QED) is 0.337. The molecule has 0 saturated carbocycles. The van der Waals surface area contributed by atoms with Crippen LogP contribution in [0.15, 0.2) is 24.3 Å². The van der Waals surface area contributed by atoms with E-state index in [1.807, 2.05) is 6.26 Å². The van der Waals surface area contributed by atoms with Crippen LogP contribution < -0.4 is 0 Å². The standard InChI is InChI=1S/C7H10OS/c1-3-4-7(5-8)6-9-2/h3-5H,1,6H2,2H3. The van der Waals surface area contributed by atoms with Gasteiger partial charge in [-0.15, -0.1) is 0 Å². The van der Waals surface area contributed by atoms with Gasteiger partial charge in [0.15, 0.2) is 0 Å². The van der Waals surface area contributed by atoms with Crippen molar-refractivity contribution in [3.8, 4) is 0 Å². The fourth-order valence-corrected chi connectivity index (χ4v) is 0.937. The Bertz CT molecular complexity index is 127. The van der Waals surface area contributed by atoms with E-state index in [-0.39, 0.29) is 0 Å². The average Bonchev–Trinajstić information content (AvgIpc) is 1.88. The Kier molecular flexibility index (Phi) is 5.32. The van der Waals surface area contributed by atoms with Crippen LogP contribution in [0.3, 0.4) is 0 Å². The summed E-state index contributed by atoms with van der Waals surface area (Å²) >= 11 is 1.63. The van der Waals surface area contributed by atoms with Crippen molar-refractivity contribution < 1.29 is 4.79 Å². The molecule has 0 aliphatic carbocycles. The van der Waals surface area contributed by atoms with Crippen LogP contribution in [-0.4, -0.2) is 18.3 Å². The lowest BCUT2D eigenvalue weighted by Gasteiger charge is -1.90. The number of hydrogen-bond donors (Lipinski definition) is 0. The van der Waals surface area contributed by atoms with Gasteiger partial charge in [0.1, 0.15) is 6.29 Å². The van der Waals surface area contributed by atoms with Crippen molar-refractivity contribution in [2.45, 2.75) is 0 Å². The zero-order chi connectivity index (χ0) is 7.11. The normalized spacial score (nSPS) is 11.0. The van der Waals surface area contributed by atoms with Gasteiger partial charge >= 0.3 is 0 Å². The third-order valence-electron chi connectivity index (χ3n) is 0.794. The highest BCUT2D eigenvalue weighted by atomic mass is 32.2. The molecule has 0 atom stereocenters. The van der Waals surface area contributed by atoms with Crippen molar-refractivity contribution in [1.29, 1.82) is 0 Å². The fourth-order valence-electron chi connectivity index (χ4n) is 0.439. The third-order valence-corrected chi connectivity index (χ3v) is 1.42. The maximum atomic E-state index is 10.2. The molecule has 0 amide bonds. The Morgan fingerprint density at radius 1 is 1.78 bits per heavy atom. The smallest absolute Gasteiger partial charge is 0.146 e. The van der Waals surface area contributed by atoms with Gasteiger partial charge in [0.2, 0.25) is 0 Å². The van der Waals surface area contributed by atoms with E-state index in [2.05, 4.69) is 6.58 Å². The van der Waals surface area contributed by atoms with Gasteiger partial charge in [0.25, 0.3) is 0 Å². The zero-order valence-electron chi connectivity index (χ0n) is 5.46. The second kappa shape index (κ2) is 5.63. The van der Waals surface area contributed by atoms with Crippen molar-refractivity contribution >= 4 is 18.0 Å². The largest absolute Gasteiger partial charge is 0.298 e. The average molecular weight is 142 g/mol. The Labute approximate surface area is 59.8 Å². The maximum absolute atomic E-state index is 10.2. The maximum Gasteiger partial charge on any atom is 0.146 e. The first-order valence-electron chi connectivity index (χ1n) is 2.61. The van der Waals surface area contributed by atoms with Crippen molar-refractivity contribution in [1.82, 2.24) is 0 Å². The van der Waals surface area contributed by atoms with Crippen LogP contribution in [0.25, 0.3) is 0 Å². The second-order valence-electron chi connectivity index (χ2n) is 1.53. The van der Waals surface area contributed by atoms with E-state index in [0.29, 0.717) is 0 Å². The first kappa shape index (κ1) is 8.50. The summed E-state index contributed by atoms with van der Waals surface area (Å²) in [5.74, 6) is 0.773. The molecule has 1 nitrogen and oxygen atoms in total. The molecule has 0 aromatic heterocycles. The number of carbonyl (C=O) groups excluding carboxylic acids is 1. The molecule has 0 heterocycles. The molecule has 0 aromatic rings. The summed E-state index contributed by atoms with van der Waals surface area (Å²) in [4.78, 5) is 10.2. The molecule has 0 rings (SSSR count). The van der Waals surface area contributed by atoms with Crippen molar-refractivity contribution in [2.24, 2.45) is 0 Å². The summed E-state index contributed by atoms with van der Waals surface area (Å²) in [6, 6.07) is 0. The summed E-state index contributed by atoms with van der Waals surface area (Å²) in [5.41, 5.74) is 0.789. The lowest BCUT2D eigenvalue weighted by atomic mass is 10.3. The van der Waals surface area contributed by atoms with Gasteiger partial charge in [0.05, 0.1) is 0 Å². The van der Waals surface area contributed by atoms with Crippen molar-refractivity contribution in [3.63, 3.8) is 0 Å². The Morgan fingerprint density at radius 2 is 2.44 bits per heavy atom. The predicted octanol–water partition coefficient (Wildman–Crippen LogP) is 1.66. The number of carbonyl (C=O) groups is 1. The topological polar surface area (TPSA) is 17.1 Å². The monoisotopic (exact) mass is 142 g/mol. The van der Waals surface area contributed by atoms with Crippen LogP contribution in [0.4, 0.5) is 0 Å². The van der Waals surface area contributed by atoms with Crippen LogP contribution in [0.5, 0.6) is 0 Å². The number of aldehydes is 1. The SMILES string of the molecule is C=CC=C(C=O)CSC. The van der Waals surface area contributed by atoms with E-state index >= 15 is 0 Å².